The number of carbonyl (C=O) groups excluding carboxylic acids is 1. The van der Waals surface area contributed by atoms with Crippen LogP contribution >= 0.6 is 24.0 Å². The molecule has 0 aliphatic rings. The maximum atomic E-state index is 11.7. The van der Waals surface area contributed by atoms with Gasteiger partial charge in [-0.3, -0.25) is 9.79 Å². The van der Waals surface area contributed by atoms with Gasteiger partial charge in [0.2, 0.25) is 0 Å². The number of halogens is 1. The van der Waals surface area contributed by atoms with E-state index in [2.05, 4.69) is 27.9 Å². The summed E-state index contributed by atoms with van der Waals surface area (Å²) in [5.41, 5.74) is 1.80. The number of nitrogens with one attached hydrogen (secondary N) is 3. The first-order valence-corrected chi connectivity index (χ1v) is 8.02. The Morgan fingerprint density at radius 3 is 2.30 bits per heavy atom. The van der Waals surface area contributed by atoms with Crippen molar-refractivity contribution < 1.29 is 4.79 Å². The second-order valence-electron chi connectivity index (χ2n) is 5.12. The lowest BCUT2D eigenvalue weighted by atomic mass is 10.1. The summed E-state index contributed by atoms with van der Waals surface area (Å²) in [6.07, 6.45) is 3.59. The molecule has 130 valence electrons. The Labute approximate surface area is 156 Å². The van der Waals surface area contributed by atoms with E-state index in [1.54, 1.807) is 7.05 Å². The van der Waals surface area contributed by atoms with Crippen LogP contribution in [-0.4, -0.2) is 32.0 Å². The number of rotatable bonds is 8. The molecule has 0 atom stereocenters. The first-order chi connectivity index (χ1) is 10.7. The Bertz CT molecular complexity index is 474. The van der Waals surface area contributed by atoms with Crippen LogP contribution in [0.4, 0.5) is 0 Å². The molecular weight excluding hydrogens is 403 g/mol. The molecule has 0 saturated heterocycles. The molecule has 0 heterocycles. The van der Waals surface area contributed by atoms with Gasteiger partial charge in [-0.2, -0.15) is 0 Å². The van der Waals surface area contributed by atoms with Gasteiger partial charge >= 0.3 is 0 Å². The first-order valence-electron chi connectivity index (χ1n) is 8.02. The van der Waals surface area contributed by atoms with Crippen LogP contribution in [0.5, 0.6) is 0 Å². The van der Waals surface area contributed by atoms with Gasteiger partial charge in [-0.05, 0) is 31.0 Å². The van der Waals surface area contributed by atoms with Gasteiger partial charge in [0.15, 0.2) is 5.96 Å². The van der Waals surface area contributed by atoms with Gasteiger partial charge in [0, 0.05) is 32.2 Å². The standard InChI is InChI=1S/C17H28N4O.HI/c1-4-6-7-12-20-17(18-3)21-13-14-8-10-15(11-9-14)16(22)19-5-2;/h8-11H,4-7,12-13H2,1-3H3,(H,19,22)(H2,18,20,21);1H. The third kappa shape index (κ3) is 8.78. The molecule has 0 aliphatic heterocycles. The fourth-order valence-electron chi connectivity index (χ4n) is 2.02. The van der Waals surface area contributed by atoms with Crippen molar-refractivity contribution in [1.29, 1.82) is 0 Å². The van der Waals surface area contributed by atoms with E-state index in [9.17, 15) is 4.79 Å². The summed E-state index contributed by atoms with van der Waals surface area (Å²) in [5, 5.41) is 9.36. The maximum Gasteiger partial charge on any atom is 0.251 e. The summed E-state index contributed by atoms with van der Waals surface area (Å²) in [6, 6.07) is 7.61. The molecular formula is C17H29IN4O. The SMILES string of the molecule is CCCCCNC(=NC)NCc1ccc(C(=O)NCC)cc1.I. The first kappa shape index (κ1) is 21.7. The van der Waals surface area contributed by atoms with E-state index < -0.39 is 0 Å². The van der Waals surface area contributed by atoms with E-state index in [4.69, 9.17) is 0 Å². The topological polar surface area (TPSA) is 65.5 Å². The number of carbonyl (C=O) groups is 1. The van der Waals surface area contributed by atoms with Crippen molar-refractivity contribution in [3.63, 3.8) is 0 Å². The summed E-state index contributed by atoms with van der Waals surface area (Å²) in [5.74, 6) is 0.777. The van der Waals surface area contributed by atoms with Crippen molar-refractivity contribution >= 4 is 35.8 Å². The van der Waals surface area contributed by atoms with Gasteiger partial charge in [0.25, 0.3) is 5.91 Å². The number of amides is 1. The van der Waals surface area contributed by atoms with Crippen LogP contribution < -0.4 is 16.0 Å². The van der Waals surface area contributed by atoms with Crippen molar-refractivity contribution in [1.82, 2.24) is 16.0 Å². The van der Waals surface area contributed by atoms with Gasteiger partial charge in [-0.15, -0.1) is 24.0 Å². The number of nitrogens with zero attached hydrogens (tertiary/aromatic N) is 1. The molecule has 0 saturated carbocycles. The molecule has 1 aromatic rings. The van der Waals surface area contributed by atoms with Crippen LogP contribution in [0, 0.1) is 0 Å². The molecule has 23 heavy (non-hydrogen) atoms. The smallest absolute Gasteiger partial charge is 0.251 e. The summed E-state index contributed by atoms with van der Waals surface area (Å²) in [7, 11) is 1.77. The molecule has 0 fully saturated rings. The second kappa shape index (κ2) is 13.2. The highest BCUT2D eigenvalue weighted by atomic mass is 127. The van der Waals surface area contributed by atoms with E-state index in [1.807, 2.05) is 31.2 Å². The summed E-state index contributed by atoms with van der Waals surface area (Å²) in [4.78, 5) is 15.9. The average molecular weight is 432 g/mol. The maximum absolute atomic E-state index is 11.7. The highest BCUT2D eigenvalue weighted by Gasteiger charge is 2.04. The van der Waals surface area contributed by atoms with Crippen LogP contribution in [0.1, 0.15) is 49.0 Å². The van der Waals surface area contributed by atoms with Crippen LogP contribution in [0.25, 0.3) is 0 Å². The number of hydrogen-bond acceptors (Lipinski definition) is 2. The monoisotopic (exact) mass is 432 g/mol. The average Bonchev–Trinajstić information content (AvgIpc) is 2.55. The van der Waals surface area contributed by atoms with Gasteiger partial charge < -0.3 is 16.0 Å². The van der Waals surface area contributed by atoms with Crippen LogP contribution in [0.3, 0.4) is 0 Å². The minimum Gasteiger partial charge on any atom is -0.356 e. The Morgan fingerprint density at radius 1 is 1.04 bits per heavy atom. The van der Waals surface area contributed by atoms with Crippen LogP contribution in [0.15, 0.2) is 29.3 Å². The second-order valence-corrected chi connectivity index (χ2v) is 5.12. The van der Waals surface area contributed by atoms with E-state index in [-0.39, 0.29) is 29.9 Å². The molecule has 0 bridgehead atoms. The van der Waals surface area contributed by atoms with Gasteiger partial charge in [0.05, 0.1) is 0 Å². The van der Waals surface area contributed by atoms with Crippen molar-refractivity contribution in [2.24, 2.45) is 4.99 Å². The molecule has 6 heteroatoms. The summed E-state index contributed by atoms with van der Waals surface area (Å²) >= 11 is 0. The number of guanidine groups is 1. The van der Waals surface area contributed by atoms with Crippen LogP contribution in [-0.2, 0) is 6.54 Å². The fraction of sp³-hybridized carbons (Fsp3) is 0.529. The zero-order valence-electron chi connectivity index (χ0n) is 14.3. The predicted octanol–water partition coefficient (Wildman–Crippen LogP) is 2.91. The molecule has 0 spiro atoms. The summed E-state index contributed by atoms with van der Waals surface area (Å²) in [6.45, 7) is 6.36. The van der Waals surface area contributed by atoms with E-state index in [1.165, 1.54) is 12.8 Å². The molecule has 1 amide bonds. The molecule has 3 N–H and O–H groups in total. The third-order valence-corrected chi connectivity index (χ3v) is 3.31. The molecule has 0 aliphatic carbocycles. The van der Waals surface area contributed by atoms with Crippen LogP contribution in [0.2, 0.25) is 0 Å². The third-order valence-electron chi connectivity index (χ3n) is 3.31. The molecule has 1 aromatic carbocycles. The largest absolute Gasteiger partial charge is 0.356 e. The minimum absolute atomic E-state index is 0. The van der Waals surface area contributed by atoms with Gasteiger partial charge in [0.1, 0.15) is 0 Å². The lowest BCUT2D eigenvalue weighted by Gasteiger charge is -2.12. The number of unbranched alkanes of at least 4 members (excludes halogenated alkanes) is 2. The molecule has 0 radical (unpaired) electrons. The number of benzene rings is 1. The van der Waals surface area contributed by atoms with Crippen molar-refractivity contribution in [3.8, 4) is 0 Å². The fourth-order valence-corrected chi connectivity index (χ4v) is 2.02. The van der Waals surface area contributed by atoms with Crippen molar-refractivity contribution in [2.75, 3.05) is 20.1 Å². The number of aliphatic imine (C=N–C) groups is 1. The Kier molecular flexibility index (Phi) is 12.4. The Morgan fingerprint density at radius 2 is 1.74 bits per heavy atom. The van der Waals surface area contributed by atoms with E-state index in [0.717, 1.165) is 24.5 Å². The predicted molar refractivity (Wildman–Crippen MR) is 108 cm³/mol. The minimum atomic E-state index is -0.0320. The lowest BCUT2D eigenvalue weighted by molar-refractivity contribution is 0.0956. The highest BCUT2D eigenvalue weighted by molar-refractivity contribution is 14.0. The zero-order valence-corrected chi connectivity index (χ0v) is 16.6. The zero-order chi connectivity index (χ0) is 16.2. The van der Waals surface area contributed by atoms with E-state index in [0.29, 0.717) is 18.7 Å². The summed E-state index contributed by atoms with van der Waals surface area (Å²) < 4.78 is 0. The lowest BCUT2D eigenvalue weighted by Crippen LogP contribution is -2.37. The molecule has 0 unspecified atom stereocenters. The Hall–Kier alpha value is -1.31. The Balaban J connectivity index is 0.00000484. The quantitative estimate of drug-likeness (QED) is 0.256. The molecule has 0 aromatic heterocycles. The normalized spacial score (nSPS) is 10.7. The number of hydrogen-bond donors (Lipinski definition) is 3. The molecule has 5 nitrogen and oxygen atoms in total. The van der Waals surface area contributed by atoms with Crippen molar-refractivity contribution in [3.05, 3.63) is 35.4 Å². The highest BCUT2D eigenvalue weighted by Crippen LogP contribution is 2.04. The van der Waals surface area contributed by atoms with Crippen molar-refractivity contribution in [2.45, 2.75) is 39.7 Å². The molecule has 1 rings (SSSR count). The van der Waals surface area contributed by atoms with Gasteiger partial charge in [-0.1, -0.05) is 31.9 Å². The van der Waals surface area contributed by atoms with Gasteiger partial charge in [-0.25, -0.2) is 0 Å². The van der Waals surface area contributed by atoms with E-state index >= 15 is 0 Å².